The van der Waals surface area contributed by atoms with Gasteiger partial charge in [0.2, 0.25) is 5.88 Å². The SMILES string of the molecule is CC.COC(=O)N(OC)C(C)C(O)COc1ccn(-c2ccc(Cl)cc2)n1. The molecule has 1 heterocycles. The Morgan fingerprint density at radius 2 is 1.89 bits per heavy atom. The highest BCUT2D eigenvalue weighted by Gasteiger charge is 2.28. The number of hydrogen-bond acceptors (Lipinski definition) is 6. The van der Waals surface area contributed by atoms with E-state index < -0.39 is 18.2 Å². The number of aliphatic hydroxyl groups excluding tert-OH is 1. The number of nitrogens with zero attached hydrogens (tertiary/aromatic N) is 3. The fourth-order valence-corrected chi connectivity index (χ4v) is 2.21. The van der Waals surface area contributed by atoms with Crippen molar-refractivity contribution in [3.63, 3.8) is 0 Å². The van der Waals surface area contributed by atoms with Gasteiger partial charge in [0.1, 0.15) is 12.7 Å². The highest BCUT2D eigenvalue weighted by atomic mass is 35.5. The molecule has 27 heavy (non-hydrogen) atoms. The van der Waals surface area contributed by atoms with E-state index in [1.165, 1.54) is 14.2 Å². The Morgan fingerprint density at radius 1 is 1.26 bits per heavy atom. The summed E-state index contributed by atoms with van der Waals surface area (Å²) in [6, 6.07) is 8.16. The Balaban J connectivity index is 0.00000176. The van der Waals surface area contributed by atoms with Gasteiger partial charge in [0.25, 0.3) is 0 Å². The lowest BCUT2D eigenvalue weighted by atomic mass is 10.2. The Bertz CT molecular complexity index is 693. The van der Waals surface area contributed by atoms with Crippen LogP contribution in [0.3, 0.4) is 0 Å². The van der Waals surface area contributed by atoms with Crippen LogP contribution in [0.2, 0.25) is 5.02 Å². The van der Waals surface area contributed by atoms with Gasteiger partial charge < -0.3 is 14.6 Å². The summed E-state index contributed by atoms with van der Waals surface area (Å²) < 4.78 is 11.7. The third kappa shape index (κ3) is 6.42. The second-order valence-corrected chi connectivity index (χ2v) is 5.61. The minimum Gasteiger partial charge on any atom is -0.474 e. The highest BCUT2D eigenvalue weighted by molar-refractivity contribution is 6.30. The van der Waals surface area contributed by atoms with E-state index >= 15 is 0 Å². The molecule has 1 amide bonds. The number of halogens is 1. The molecule has 0 aliphatic carbocycles. The van der Waals surface area contributed by atoms with Crippen molar-refractivity contribution < 1.29 is 24.2 Å². The maximum Gasteiger partial charge on any atom is 0.433 e. The second kappa shape index (κ2) is 11.4. The minimum atomic E-state index is -1.00. The molecule has 0 fully saturated rings. The molecule has 9 heteroatoms. The van der Waals surface area contributed by atoms with Gasteiger partial charge in [0.05, 0.1) is 25.9 Å². The number of carbonyl (C=O) groups is 1. The summed E-state index contributed by atoms with van der Waals surface area (Å²) >= 11 is 5.86. The maximum atomic E-state index is 11.5. The number of hydroxylamine groups is 2. The lowest BCUT2D eigenvalue weighted by Crippen LogP contribution is -2.46. The molecule has 0 aliphatic heterocycles. The highest BCUT2D eigenvalue weighted by Crippen LogP contribution is 2.16. The van der Waals surface area contributed by atoms with E-state index in [0.717, 1.165) is 10.8 Å². The number of rotatable bonds is 7. The quantitative estimate of drug-likeness (QED) is 0.719. The zero-order valence-corrected chi connectivity index (χ0v) is 16.9. The van der Waals surface area contributed by atoms with Gasteiger partial charge >= 0.3 is 6.09 Å². The summed E-state index contributed by atoms with van der Waals surface area (Å²) in [6.45, 7) is 5.54. The van der Waals surface area contributed by atoms with Gasteiger partial charge in [0.15, 0.2) is 0 Å². The van der Waals surface area contributed by atoms with E-state index in [4.69, 9.17) is 21.2 Å². The standard InChI is InChI=1S/C16H20ClN3O5.C2H6/c1-11(20(24-3)16(22)23-2)14(21)10-25-15-8-9-19(18-15)13-6-4-12(17)5-7-13;1-2/h4-9,11,14,21H,10H2,1-3H3;1-2H3. The van der Waals surface area contributed by atoms with Gasteiger partial charge in [-0.25, -0.2) is 9.48 Å². The molecule has 2 aromatic rings. The van der Waals surface area contributed by atoms with Gasteiger partial charge in [-0.15, -0.1) is 5.10 Å². The van der Waals surface area contributed by atoms with Crippen LogP contribution < -0.4 is 4.74 Å². The Morgan fingerprint density at radius 3 is 2.44 bits per heavy atom. The molecule has 2 rings (SSSR count). The lowest BCUT2D eigenvalue weighted by Gasteiger charge is -2.28. The van der Waals surface area contributed by atoms with Crippen LogP contribution in [0.25, 0.3) is 5.69 Å². The largest absolute Gasteiger partial charge is 0.474 e. The van der Waals surface area contributed by atoms with Crippen molar-refractivity contribution in [3.8, 4) is 11.6 Å². The van der Waals surface area contributed by atoms with E-state index in [-0.39, 0.29) is 6.61 Å². The van der Waals surface area contributed by atoms with E-state index in [1.54, 1.807) is 36.0 Å². The first kappa shape index (κ1) is 22.8. The van der Waals surface area contributed by atoms with Crippen LogP contribution in [0.5, 0.6) is 5.88 Å². The van der Waals surface area contributed by atoms with Gasteiger partial charge in [-0.3, -0.25) is 4.84 Å². The fourth-order valence-electron chi connectivity index (χ4n) is 2.09. The van der Waals surface area contributed by atoms with Crippen LogP contribution in [0, 0.1) is 0 Å². The smallest absolute Gasteiger partial charge is 0.433 e. The average molecular weight is 400 g/mol. The van der Waals surface area contributed by atoms with E-state index in [1.807, 2.05) is 26.0 Å². The number of carbonyl (C=O) groups excluding carboxylic acids is 1. The van der Waals surface area contributed by atoms with Crippen molar-refractivity contribution in [2.75, 3.05) is 20.8 Å². The molecule has 0 bridgehead atoms. The van der Waals surface area contributed by atoms with Crippen LogP contribution >= 0.6 is 11.6 Å². The predicted octanol–water partition coefficient (Wildman–Crippen LogP) is 3.31. The Kier molecular flexibility index (Phi) is 9.63. The van der Waals surface area contributed by atoms with Crippen LogP contribution in [-0.2, 0) is 9.57 Å². The average Bonchev–Trinajstić information content (AvgIpc) is 3.17. The van der Waals surface area contributed by atoms with Crippen molar-refractivity contribution in [1.82, 2.24) is 14.8 Å². The van der Waals surface area contributed by atoms with Crippen molar-refractivity contribution >= 4 is 17.7 Å². The summed E-state index contributed by atoms with van der Waals surface area (Å²) in [4.78, 5) is 16.5. The molecular weight excluding hydrogens is 374 g/mol. The number of benzene rings is 1. The van der Waals surface area contributed by atoms with E-state index in [9.17, 15) is 9.90 Å². The number of hydrogen-bond donors (Lipinski definition) is 1. The van der Waals surface area contributed by atoms with Crippen molar-refractivity contribution in [3.05, 3.63) is 41.6 Å². The number of methoxy groups -OCH3 is 1. The summed E-state index contributed by atoms with van der Waals surface area (Å²) in [6.07, 6.45) is 0.0189. The Labute approximate surface area is 164 Å². The molecule has 0 radical (unpaired) electrons. The molecule has 1 aromatic carbocycles. The summed E-state index contributed by atoms with van der Waals surface area (Å²) in [5.74, 6) is 0.336. The Hall–Kier alpha value is -2.29. The number of amides is 1. The van der Waals surface area contributed by atoms with Crippen LogP contribution in [0.15, 0.2) is 36.5 Å². The molecule has 1 N–H and O–H groups in total. The lowest BCUT2D eigenvalue weighted by molar-refractivity contribution is -0.156. The van der Waals surface area contributed by atoms with Crippen molar-refractivity contribution in [2.45, 2.75) is 32.9 Å². The van der Waals surface area contributed by atoms with Crippen LogP contribution in [0.4, 0.5) is 4.79 Å². The first-order chi connectivity index (χ1) is 13.0. The molecule has 1 aromatic heterocycles. The predicted molar refractivity (Wildman–Crippen MR) is 102 cm³/mol. The van der Waals surface area contributed by atoms with E-state index in [0.29, 0.717) is 10.9 Å². The fraction of sp³-hybridized carbons (Fsp3) is 0.444. The molecule has 2 unspecified atom stereocenters. The molecule has 0 spiro atoms. The second-order valence-electron chi connectivity index (χ2n) is 5.17. The first-order valence-electron chi connectivity index (χ1n) is 8.50. The maximum absolute atomic E-state index is 11.5. The van der Waals surface area contributed by atoms with Gasteiger partial charge in [-0.1, -0.05) is 25.4 Å². The van der Waals surface area contributed by atoms with Crippen LogP contribution in [-0.4, -0.2) is 59.0 Å². The van der Waals surface area contributed by atoms with Gasteiger partial charge in [0, 0.05) is 17.3 Å². The number of ether oxygens (including phenoxy) is 2. The number of aromatic nitrogens is 2. The zero-order valence-electron chi connectivity index (χ0n) is 16.1. The molecular formula is C18H26ClN3O5. The van der Waals surface area contributed by atoms with Gasteiger partial charge in [-0.2, -0.15) is 5.06 Å². The number of aliphatic hydroxyl groups is 1. The zero-order chi connectivity index (χ0) is 20.4. The monoisotopic (exact) mass is 399 g/mol. The summed E-state index contributed by atoms with van der Waals surface area (Å²) in [7, 11) is 2.54. The first-order valence-corrected chi connectivity index (χ1v) is 8.87. The third-order valence-electron chi connectivity index (χ3n) is 3.54. The third-order valence-corrected chi connectivity index (χ3v) is 3.79. The van der Waals surface area contributed by atoms with Crippen LogP contribution in [0.1, 0.15) is 20.8 Å². The summed E-state index contributed by atoms with van der Waals surface area (Å²) in [5, 5.41) is 16.0. The molecule has 0 saturated carbocycles. The molecule has 0 saturated heterocycles. The molecule has 150 valence electrons. The van der Waals surface area contributed by atoms with Gasteiger partial charge in [-0.05, 0) is 31.2 Å². The van der Waals surface area contributed by atoms with Crippen molar-refractivity contribution in [2.24, 2.45) is 0 Å². The minimum absolute atomic E-state index is 0.0738. The molecule has 0 aliphatic rings. The molecule has 2 atom stereocenters. The molecule has 8 nitrogen and oxygen atoms in total. The topological polar surface area (TPSA) is 86.0 Å². The summed E-state index contributed by atoms with van der Waals surface area (Å²) in [5.41, 5.74) is 0.824. The van der Waals surface area contributed by atoms with Crippen molar-refractivity contribution in [1.29, 1.82) is 0 Å². The van der Waals surface area contributed by atoms with E-state index in [2.05, 4.69) is 9.84 Å². The normalized spacial score (nSPS) is 12.4.